The summed E-state index contributed by atoms with van der Waals surface area (Å²) in [7, 11) is 0. The van der Waals surface area contributed by atoms with Crippen molar-refractivity contribution >= 4 is 5.91 Å². The van der Waals surface area contributed by atoms with Gasteiger partial charge >= 0.3 is 0 Å². The minimum atomic E-state index is -0.705. The monoisotopic (exact) mass is 265 g/mol. The number of aliphatic hydroxyl groups excluding tert-OH is 1. The lowest BCUT2D eigenvalue weighted by Gasteiger charge is -2.32. The van der Waals surface area contributed by atoms with Crippen molar-refractivity contribution in [1.29, 1.82) is 5.26 Å². The fourth-order valence-electron chi connectivity index (χ4n) is 2.86. The van der Waals surface area contributed by atoms with Gasteiger partial charge < -0.3 is 10.4 Å². The Balaban J connectivity index is 1.82. The summed E-state index contributed by atoms with van der Waals surface area (Å²) in [5, 5.41) is 21.3. The van der Waals surface area contributed by atoms with Crippen molar-refractivity contribution in [2.75, 3.05) is 26.2 Å². The van der Waals surface area contributed by atoms with Crippen molar-refractivity contribution in [2.45, 2.75) is 38.1 Å². The number of hydrogen-bond acceptors (Lipinski definition) is 4. The van der Waals surface area contributed by atoms with Crippen LogP contribution in [-0.4, -0.2) is 47.7 Å². The van der Waals surface area contributed by atoms with Crippen LogP contribution in [0.4, 0.5) is 0 Å². The number of likely N-dealkylation sites (tertiary alicyclic amines) is 1. The van der Waals surface area contributed by atoms with Crippen LogP contribution < -0.4 is 5.32 Å². The molecule has 19 heavy (non-hydrogen) atoms. The van der Waals surface area contributed by atoms with Gasteiger partial charge in [-0.25, -0.2) is 0 Å². The molecule has 0 radical (unpaired) electrons. The van der Waals surface area contributed by atoms with E-state index >= 15 is 0 Å². The van der Waals surface area contributed by atoms with Crippen molar-refractivity contribution in [1.82, 2.24) is 10.2 Å². The third-order valence-electron chi connectivity index (χ3n) is 4.25. The van der Waals surface area contributed by atoms with E-state index in [1.165, 1.54) is 0 Å². The van der Waals surface area contributed by atoms with Crippen LogP contribution in [0.1, 0.15) is 32.6 Å². The van der Waals surface area contributed by atoms with E-state index in [0.717, 1.165) is 38.8 Å². The van der Waals surface area contributed by atoms with Gasteiger partial charge in [-0.3, -0.25) is 9.69 Å². The number of nitrogens with one attached hydrogen (secondary N) is 1. The van der Waals surface area contributed by atoms with E-state index in [-0.39, 0.29) is 18.4 Å². The Morgan fingerprint density at radius 1 is 1.53 bits per heavy atom. The molecule has 106 valence electrons. The van der Waals surface area contributed by atoms with Gasteiger partial charge in [-0.15, -0.1) is 0 Å². The van der Waals surface area contributed by atoms with Crippen LogP contribution in [0.2, 0.25) is 0 Å². The third kappa shape index (κ3) is 3.68. The molecule has 0 spiro atoms. The average Bonchev–Trinajstić information content (AvgIpc) is 3.23. The molecule has 1 heterocycles. The quantitative estimate of drug-likeness (QED) is 0.759. The molecule has 2 aliphatic rings. The highest BCUT2D eigenvalue weighted by atomic mass is 16.3. The maximum atomic E-state index is 12.0. The molecule has 2 rings (SSSR count). The molecule has 1 saturated carbocycles. The molecule has 5 nitrogen and oxygen atoms in total. The fourth-order valence-corrected chi connectivity index (χ4v) is 2.86. The van der Waals surface area contributed by atoms with E-state index in [4.69, 9.17) is 0 Å². The molecule has 2 N–H and O–H groups in total. The van der Waals surface area contributed by atoms with E-state index < -0.39 is 5.54 Å². The maximum Gasteiger partial charge on any atom is 0.235 e. The first-order valence-electron chi connectivity index (χ1n) is 7.13. The smallest absolute Gasteiger partial charge is 0.235 e. The largest absolute Gasteiger partial charge is 0.396 e. The standard InChI is InChI=1S/C14H23N3O2/c1-14(10-15,12-4-5-12)16-13(19)8-17-6-2-3-11(7-17)9-18/h11-12,18H,2-9H2,1H3,(H,16,19). The SMILES string of the molecule is CC(C#N)(NC(=O)CN1CCCC(CO)C1)C1CC1. The zero-order valence-electron chi connectivity index (χ0n) is 11.6. The second kappa shape index (κ2) is 5.89. The first kappa shape index (κ1) is 14.3. The zero-order valence-corrected chi connectivity index (χ0v) is 11.6. The number of piperidine rings is 1. The third-order valence-corrected chi connectivity index (χ3v) is 4.25. The van der Waals surface area contributed by atoms with Crippen molar-refractivity contribution in [2.24, 2.45) is 11.8 Å². The van der Waals surface area contributed by atoms with Crippen molar-refractivity contribution in [3.63, 3.8) is 0 Å². The van der Waals surface area contributed by atoms with Gasteiger partial charge in [0.2, 0.25) is 5.91 Å². The molecule has 2 fully saturated rings. The molecule has 1 amide bonds. The first-order chi connectivity index (χ1) is 9.07. The highest BCUT2D eigenvalue weighted by molar-refractivity contribution is 5.79. The number of nitrogens with zero attached hydrogens (tertiary/aromatic N) is 2. The number of nitriles is 1. The number of carbonyl (C=O) groups is 1. The average molecular weight is 265 g/mol. The number of aliphatic hydroxyl groups is 1. The number of carbonyl (C=O) groups excluding carboxylic acids is 1. The summed E-state index contributed by atoms with van der Waals surface area (Å²) in [4.78, 5) is 14.1. The zero-order chi connectivity index (χ0) is 13.9. The molecule has 0 aromatic rings. The lowest BCUT2D eigenvalue weighted by molar-refractivity contribution is -0.124. The predicted octanol–water partition coefficient (Wildman–Crippen LogP) is 0.499. The lowest BCUT2D eigenvalue weighted by Crippen LogP contribution is -2.51. The highest BCUT2D eigenvalue weighted by Crippen LogP contribution is 2.39. The predicted molar refractivity (Wildman–Crippen MR) is 71.1 cm³/mol. The number of hydrogen-bond donors (Lipinski definition) is 2. The summed E-state index contributed by atoms with van der Waals surface area (Å²) in [6.45, 7) is 4.01. The minimum Gasteiger partial charge on any atom is -0.396 e. The van der Waals surface area contributed by atoms with Gasteiger partial charge in [-0.2, -0.15) is 5.26 Å². The van der Waals surface area contributed by atoms with Crippen LogP contribution in [0.15, 0.2) is 0 Å². The van der Waals surface area contributed by atoms with E-state index in [0.29, 0.717) is 12.5 Å². The van der Waals surface area contributed by atoms with Crippen molar-refractivity contribution in [3.05, 3.63) is 0 Å². The second-order valence-corrected chi connectivity index (χ2v) is 6.06. The summed E-state index contributed by atoms with van der Waals surface area (Å²) >= 11 is 0. The van der Waals surface area contributed by atoms with Gasteiger partial charge in [0, 0.05) is 13.2 Å². The molecule has 2 unspecified atom stereocenters. The maximum absolute atomic E-state index is 12.0. The molecule has 1 saturated heterocycles. The topological polar surface area (TPSA) is 76.4 Å². The number of amides is 1. The van der Waals surface area contributed by atoms with Gasteiger partial charge in [-0.1, -0.05) is 0 Å². The summed E-state index contributed by atoms with van der Waals surface area (Å²) in [6, 6.07) is 2.24. The Kier molecular flexibility index (Phi) is 4.43. The van der Waals surface area contributed by atoms with Crippen LogP contribution in [0, 0.1) is 23.2 Å². The van der Waals surface area contributed by atoms with Gasteiger partial charge in [0.1, 0.15) is 5.54 Å². The van der Waals surface area contributed by atoms with Crippen LogP contribution in [-0.2, 0) is 4.79 Å². The molecule has 1 aliphatic carbocycles. The van der Waals surface area contributed by atoms with Crippen molar-refractivity contribution in [3.8, 4) is 6.07 Å². The molecular formula is C14H23N3O2. The summed E-state index contributed by atoms with van der Waals surface area (Å²) < 4.78 is 0. The Bertz CT molecular complexity index is 375. The highest BCUT2D eigenvalue weighted by Gasteiger charge is 2.43. The summed E-state index contributed by atoms with van der Waals surface area (Å²) in [5.41, 5.74) is -0.705. The van der Waals surface area contributed by atoms with E-state index in [9.17, 15) is 15.2 Å². The molecular weight excluding hydrogens is 242 g/mol. The van der Waals surface area contributed by atoms with Crippen LogP contribution in [0.25, 0.3) is 0 Å². The Morgan fingerprint density at radius 3 is 2.84 bits per heavy atom. The van der Waals surface area contributed by atoms with E-state index in [1.807, 2.05) is 6.92 Å². The van der Waals surface area contributed by atoms with Crippen LogP contribution in [0.5, 0.6) is 0 Å². The van der Waals surface area contributed by atoms with Gasteiger partial charge in [0.05, 0.1) is 12.6 Å². The van der Waals surface area contributed by atoms with E-state index in [2.05, 4.69) is 16.3 Å². The summed E-state index contributed by atoms with van der Waals surface area (Å²) in [5.74, 6) is 0.523. The van der Waals surface area contributed by atoms with Crippen LogP contribution in [0.3, 0.4) is 0 Å². The molecule has 0 bridgehead atoms. The van der Waals surface area contributed by atoms with Gasteiger partial charge in [0.15, 0.2) is 0 Å². The molecule has 0 aromatic heterocycles. The lowest BCUT2D eigenvalue weighted by atomic mass is 9.97. The van der Waals surface area contributed by atoms with Gasteiger partial charge in [0.25, 0.3) is 0 Å². The molecule has 0 aromatic carbocycles. The number of rotatable bonds is 5. The molecule has 2 atom stereocenters. The van der Waals surface area contributed by atoms with E-state index in [1.54, 1.807) is 0 Å². The normalized spacial score (nSPS) is 27.3. The fraction of sp³-hybridized carbons (Fsp3) is 0.857. The van der Waals surface area contributed by atoms with Gasteiger partial charge in [-0.05, 0) is 51.0 Å². The summed E-state index contributed by atoms with van der Waals surface area (Å²) in [6.07, 6.45) is 4.12. The Labute approximate surface area is 114 Å². The Hall–Kier alpha value is -1.12. The second-order valence-electron chi connectivity index (χ2n) is 6.06. The first-order valence-corrected chi connectivity index (χ1v) is 7.13. The molecule has 5 heteroatoms. The van der Waals surface area contributed by atoms with Crippen LogP contribution >= 0.6 is 0 Å². The molecule has 1 aliphatic heterocycles. The van der Waals surface area contributed by atoms with Crippen molar-refractivity contribution < 1.29 is 9.90 Å². The Morgan fingerprint density at radius 2 is 2.26 bits per heavy atom. The minimum absolute atomic E-state index is 0.0745.